The molecule has 1 aliphatic heterocycles. The Morgan fingerprint density at radius 3 is 2.57 bits per heavy atom. The molecular formula is C21H26N4O2S. The number of sulfonamides is 1. The van der Waals surface area contributed by atoms with E-state index in [1.165, 1.54) is 5.56 Å². The summed E-state index contributed by atoms with van der Waals surface area (Å²) >= 11 is 0. The summed E-state index contributed by atoms with van der Waals surface area (Å²) in [4.78, 5) is 8.39. The molecule has 2 heterocycles. The summed E-state index contributed by atoms with van der Waals surface area (Å²) in [7, 11) is -1.47. The first-order valence-corrected chi connectivity index (χ1v) is 11.0. The van der Waals surface area contributed by atoms with Crippen LogP contribution in [0, 0.1) is 6.92 Å². The third kappa shape index (κ3) is 3.92. The first-order chi connectivity index (χ1) is 13.4. The van der Waals surface area contributed by atoms with Crippen molar-refractivity contribution in [2.45, 2.75) is 18.4 Å². The van der Waals surface area contributed by atoms with Crippen LogP contribution in [0.4, 0.5) is 5.69 Å². The minimum Gasteiger partial charge on any atom is -0.361 e. The summed E-state index contributed by atoms with van der Waals surface area (Å²) in [6.45, 7) is 6.90. The average Bonchev–Trinajstić information content (AvgIpc) is 3.06. The highest BCUT2D eigenvalue weighted by atomic mass is 32.2. The normalized spacial score (nSPS) is 16.5. The second-order valence-electron chi connectivity index (χ2n) is 7.52. The standard InChI is InChI=1S/C21H26N4O2S/c1-16-5-3-4-6-21(16)28(26,27)23-18-7-8-20-19(13-18)17(14-22-20)15-25-11-9-24(2)10-12-25/h3-8,13-14,22-23H,9-12,15H2,1-2H3. The van der Waals surface area contributed by atoms with Gasteiger partial charge in [-0.05, 0) is 49.4 Å². The van der Waals surface area contributed by atoms with Crippen molar-refractivity contribution in [1.82, 2.24) is 14.8 Å². The highest BCUT2D eigenvalue weighted by molar-refractivity contribution is 7.92. The van der Waals surface area contributed by atoms with Crippen LogP contribution >= 0.6 is 0 Å². The monoisotopic (exact) mass is 398 g/mol. The van der Waals surface area contributed by atoms with Gasteiger partial charge >= 0.3 is 0 Å². The van der Waals surface area contributed by atoms with Crippen LogP contribution in [-0.4, -0.2) is 56.4 Å². The molecular weight excluding hydrogens is 372 g/mol. The van der Waals surface area contributed by atoms with E-state index >= 15 is 0 Å². The fraction of sp³-hybridized carbons (Fsp3) is 0.333. The van der Waals surface area contributed by atoms with E-state index in [-0.39, 0.29) is 0 Å². The maximum Gasteiger partial charge on any atom is 0.262 e. The molecule has 3 aromatic rings. The predicted molar refractivity (Wildman–Crippen MR) is 113 cm³/mol. The van der Waals surface area contributed by atoms with Crippen molar-refractivity contribution in [1.29, 1.82) is 0 Å². The van der Waals surface area contributed by atoms with Gasteiger partial charge < -0.3 is 9.88 Å². The molecule has 1 fully saturated rings. The van der Waals surface area contributed by atoms with Crippen LogP contribution in [-0.2, 0) is 16.6 Å². The summed E-state index contributed by atoms with van der Waals surface area (Å²) in [5.74, 6) is 0. The molecule has 1 saturated heterocycles. The van der Waals surface area contributed by atoms with Crippen molar-refractivity contribution in [3.63, 3.8) is 0 Å². The van der Waals surface area contributed by atoms with Gasteiger partial charge in [-0.25, -0.2) is 8.42 Å². The fourth-order valence-corrected chi connectivity index (χ4v) is 4.98. The molecule has 0 unspecified atom stereocenters. The lowest BCUT2D eigenvalue weighted by Crippen LogP contribution is -2.43. The minimum absolute atomic E-state index is 0.307. The number of piperazine rings is 1. The molecule has 4 rings (SSSR count). The number of hydrogen-bond acceptors (Lipinski definition) is 4. The van der Waals surface area contributed by atoms with Crippen molar-refractivity contribution in [3.05, 3.63) is 59.8 Å². The molecule has 0 amide bonds. The molecule has 0 spiro atoms. The summed E-state index contributed by atoms with van der Waals surface area (Å²) in [6, 6.07) is 12.7. The summed E-state index contributed by atoms with van der Waals surface area (Å²) in [5.41, 5.74) is 3.52. The molecule has 1 aromatic heterocycles. The maximum absolute atomic E-state index is 12.8. The number of aromatic amines is 1. The second kappa shape index (κ2) is 7.58. The summed E-state index contributed by atoms with van der Waals surface area (Å²) in [6.07, 6.45) is 2.03. The number of anilines is 1. The SMILES string of the molecule is Cc1ccccc1S(=O)(=O)Nc1ccc2[nH]cc(CN3CCN(C)CC3)c2c1. The molecule has 0 radical (unpaired) electrons. The van der Waals surface area contributed by atoms with Gasteiger partial charge in [0.15, 0.2) is 0 Å². The third-order valence-electron chi connectivity index (χ3n) is 5.39. The summed E-state index contributed by atoms with van der Waals surface area (Å²) in [5, 5.41) is 1.06. The van der Waals surface area contributed by atoms with E-state index in [4.69, 9.17) is 0 Å². The highest BCUT2D eigenvalue weighted by Crippen LogP contribution is 2.26. The van der Waals surface area contributed by atoms with Crippen molar-refractivity contribution in [2.24, 2.45) is 0 Å². The van der Waals surface area contributed by atoms with Crippen LogP contribution in [0.2, 0.25) is 0 Å². The fourth-order valence-electron chi connectivity index (χ4n) is 3.69. The van der Waals surface area contributed by atoms with Crippen molar-refractivity contribution in [3.8, 4) is 0 Å². The smallest absolute Gasteiger partial charge is 0.262 e. The molecule has 0 saturated carbocycles. The number of benzene rings is 2. The minimum atomic E-state index is -3.62. The third-order valence-corrected chi connectivity index (χ3v) is 6.93. The lowest BCUT2D eigenvalue weighted by atomic mass is 10.1. The van der Waals surface area contributed by atoms with Crippen LogP contribution in [0.15, 0.2) is 53.6 Å². The van der Waals surface area contributed by atoms with Crippen LogP contribution in [0.1, 0.15) is 11.1 Å². The van der Waals surface area contributed by atoms with Gasteiger partial charge in [-0.1, -0.05) is 18.2 Å². The number of H-pyrrole nitrogens is 1. The number of nitrogens with one attached hydrogen (secondary N) is 2. The van der Waals surface area contributed by atoms with Crippen LogP contribution in [0.3, 0.4) is 0 Å². The lowest BCUT2D eigenvalue weighted by Gasteiger charge is -2.32. The van der Waals surface area contributed by atoms with Crippen LogP contribution in [0.25, 0.3) is 10.9 Å². The molecule has 148 valence electrons. The van der Waals surface area contributed by atoms with E-state index in [0.29, 0.717) is 10.6 Å². The highest BCUT2D eigenvalue weighted by Gasteiger charge is 2.18. The van der Waals surface area contributed by atoms with Crippen LogP contribution in [0.5, 0.6) is 0 Å². The number of likely N-dealkylation sites (N-methyl/N-ethyl adjacent to an activating group) is 1. The average molecular weight is 399 g/mol. The number of nitrogens with zero attached hydrogens (tertiary/aromatic N) is 2. The van der Waals surface area contributed by atoms with Gasteiger partial charge in [0.2, 0.25) is 0 Å². The largest absolute Gasteiger partial charge is 0.361 e. The van der Waals surface area contributed by atoms with Crippen molar-refractivity contribution in [2.75, 3.05) is 37.9 Å². The van der Waals surface area contributed by atoms with E-state index in [9.17, 15) is 8.42 Å². The predicted octanol–water partition coefficient (Wildman–Crippen LogP) is 3.02. The van der Waals surface area contributed by atoms with E-state index in [2.05, 4.69) is 26.6 Å². The molecule has 7 heteroatoms. The number of hydrogen-bond donors (Lipinski definition) is 2. The molecule has 1 aliphatic rings. The van der Waals surface area contributed by atoms with Crippen LogP contribution < -0.4 is 4.72 Å². The Morgan fingerprint density at radius 1 is 1.07 bits per heavy atom. The number of aromatic nitrogens is 1. The van der Waals surface area contributed by atoms with Crippen molar-refractivity contribution < 1.29 is 8.42 Å². The van der Waals surface area contributed by atoms with Gasteiger partial charge in [0, 0.05) is 55.5 Å². The summed E-state index contributed by atoms with van der Waals surface area (Å²) < 4.78 is 28.3. The van der Waals surface area contributed by atoms with E-state index in [1.54, 1.807) is 31.2 Å². The zero-order valence-corrected chi connectivity index (χ0v) is 17.1. The van der Waals surface area contributed by atoms with Crippen molar-refractivity contribution >= 4 is 26.6 Å². The molecule has 0 bridgehead atoms. The Hall–Kier alpha value is -2.35. The molecule has 2 N–H and O–H groups in total. The second-order valence-corrected chi connectivity index (χ2v) is 9.18. The van der Waals surface area contributed by atoms with E-state index in [0.717, 1.165) is 49.2 Å². The zero-order chi connectivity index (χ0) is 19.7. The molecule has 0 aliphatic carbocycles. The molecule has 28 heavy (non-hydrogen) atoms. The Labute approximate surface area is 166 Å². The Morgan fingerprint density at radius 2 is 1.82 bits per heavy atom. The van der Waals surface area contributed by atoms with Gasteiger partial charge in [0.25, 0.3) is 10.0 Å². The molecule has 6 nitrogen and oxygen atoms in total. The topological polar surface area (TPSA) is 68.4 Å². The first kappa shape index (κ1) is 19.0. The number of fused-ring (bicyclic) bond motifs is 1. The van der Waals surface area contributed by atoms with E-state index in [1.807, 2.05) is 24.4 Å². The van der Waals surface area contributed by atoms with Gasteiger partial charge in [-0.2, -0.15) is 0 Å². The number of aryl methyl sites for hydroxylation is 1. The lowest BCUT2D eigenvalue weighted by molar-refractivity contribution is 0.148. The van der Waals surface area contributed by atoms with E-state index < -0.39 is 10.0 Å². The molecule has 2 aromatic carbocycles. The zero-order valence-electron chi connectivity index (χ0n) is 16.3. The quantitative estimate of drug-likeness (QED) is 0.693. The van der Waals surface area contributed by atoms with Gasteiger partial charge in [0.05, 0.1) is 4.90 Å². The Bertz CT molecular complexity index is 1080. The first-order valence-electron chi connectivity index (χ1n) is 9.52. The van der Waals surface area contributed by atoms with Gasteiger partial charge in [-0.15, -0.1) is 0 Å². The number of rotatable bonds is 5. The molecule has 0 atom stereocenters. The Kier molecular flexibility index (Phi) is 5.14. The van der Waals surface area contributed by atoms with Gasteiger partial charge in [-0.3, -0.25) is 9.62 Å². The Balaban J connectivity index is 1.58. The van der Waals surface area contributed by atoms with Gasteiger partial charge in [0.1, 0.15) is 0 Å². The maximum atomic E-state index is 12.8.